The molecule has 1 aromatic heterocycles. The molecule has 0 spiro atoms. The molecule has 1 heterocycles. The van der Waals surface area contributed by atoms with E-state index < -0.39 is 0 Å². The first-order valence-corrected chi connectivity index (χ1v) is 5.95. The van der Waals surface area contributed by atoms with Gasteiger partial charge in [-0.15, -0.1) is 0 Å². The molecule has 17 heavy (non-hydrogen) atoms. The molecular weight excluding hydrogens is 282 g/mol. The van der Waals surface area contributed by atoms with Gasteiger partial charge in [-0.05, 0) is 49.2 Å². The van der Waals surface area contributed by atoms with Crippen LogP contribution in [-0.4, -0.2) is 11.4 Å². The number of nitrogens with zero attached hydrogens (tertiary/aromatic N) is 1. The van der Waals surface area contributed by atoms with E-state index in [1.807, 2.05) is 19.9 Å². The maximum atomic E-state index is 8.44. The van der Waals surface area contributed by atoms with Crippen LogP contribution >= 0.6 is 15.9 Å². The Bertz CT molecular complexity index is 573. The Morgan fingerprint density at radius 2 is 2.00 bits per heavy atom. The van der Waals surface area contributed by atoms with Crippen molar-refractivity contribution in [2.75, 3.05) is 0 Å². The van der Waals surface area contributed by atoms with Crippen LogP contribution in [0.4, 0.5) is 0 Å². The van der Waals surface area contributed by atoms with E-state index in [-0.39, 0.29) is 0 Å². The van der Waals surface area contributed by atoms with E-state index in [0.717, 1.165) is 26.9 Å². The monoisotopic (exact) mass is 293 g/mol. The number of halogens is 1. The summed E-state index contributed by atoms with van der Waals surface area (Å²) in [5.74, 6) is 1.30. The van der Waals surface area contributed by atoms with Gasteiger partial charge in [0.25, 0.3) is 0 Å². The van der Waals surface area contributed by atoms with Gasteiger partial charge >= 0.3 is 0 Å². The lowest BCUT2D eigenvalue weighted by atomic mass is 10.0. The summed E-state index contributed by atoms with van der Waals surface area (Å²) in [5, 5.41) is 11.4. The van der Waals surface area contributed by atoms with Crippen molar-refractivity contribution >= 4 is 22.1 Å². The fourth-order valence-electron chi connectivity index (χ4n) is 1.67. The molecule has 0 atom stereocenters. The van der Waals surface area contributed by atoms with E-state index in [1.54, 1.807) is 6.07 Å². The molecule has 1 N–H and O–H groups in total. The van der Waals surface area contributed by atoms with Crippen LogP contribution in [0, 0.1) is 13.8 Å². The Kier molecular flexibility index (Phi) is 3.33. The standard InChI is InChI=1S/C13H12BrNO2/c1-8-6-12(14)9(2)5-11(8)13-4-3-10(17-13)7-15-16/h3-7,16H,1-2H3/b15-7+. The minimum absolute atomic E-state index is 0.530. The third-order valence-corrected chi connectivity index (χ3v) is 3.44. The molecule has 0 saturated carbocycles. The van der Waals surface area contributed by atoms with Crippen LogP contribution in [0.2, 0.25) is 0 Å². The average Bonchev–Trinajstić information content (AvgIpc) is 2.72. The minimum atomic E-state index is 0.530. The molecule has 0 saturated heterocycles. The Hall–Kier alpha value is -1.55. The summed E-state index contributed by atoms with van der Waals surface area (Å²) in [6.45, 7) is 4.06. The lowest BCUT2D eigenvalue weighted by Gasteiger charge is -2.06. The van der Waals surface area contributed by atoms with Crippen molar-refractivity contribution in [2.45, 2.75) is 13.8 Å². The molecule has 0 aliphatic carbocycles. The molecule has 2 aromatic rings. The maximum Gasteiger partial charge on any atom is 0.149 e. The predicted molar refractivity (Wildman–Crippen MR) is 70.7 cm³/mol. The molecule has 2 rings (SSSR count). The first-order chi connectivity index (χ1) is 8.11. The van der Waals surface area contributed by atoms with Crippen LogP contribution in [0.5, 0.6) is 0 Å². The van der Waals surface area contributed by atoms with Crippen LogP contribution in [0.25, 0.3) is 11.3 Å². The SMILES string of the molecule is Cc1cc(-c2ccc(/C=N/O)o2)c(C)cc1Br. The van der Waals surface area contributed by atoms with Crippen LogP contribution in [-0.2, 0) is 0 Å². The van der Waals surface area contributed by atoms with Gasteiger partial charge in [0, 0.05) is 10.0 Å². The molecule has 0 unspecified atom stereocenters. The fourth-order valence-corrected chi connectivity index (χ4v) is 2.13. The highest BCUT2D eigenvalue weighted by Crippen LogP contribution is 2.29. The summed E-state index contributed by atoms with van der Waals surface area (Å²) in [6, 6.07) is 7.77. The summed E-state index contributed by atoms with van der Waals surface area (Å²) in [7, 11) is 0. The Labute approximate surface area is 108 Å². The van der Waals surface area contributed by atoms with Gasteiger partial charge in [-0.3, -0.25) is 0 Å². The van der Waals surface area contributed by atoms with Crippen LogP contribution in [0.15, 0.2) is 38.3 Å². The Morgan fingerprint density at radius 3 is 2.71 bits per heavy atom. The molecule has 1 aromatic carbocycles. The van der Waals surface area contributed by atoms with Crippen molar-refractivity contribution in [2.24, 2.45) is 5.16 Å². The van der Waals surface area contributed by atoms with Crippen LogP contribution < -0.4 is 0 Å². The highest BCUT2D eigenvalue weighted by Gasteiger charge is 2.09. The quantitative estimate of drug-likeness (QED) is 0.514. The highest BCUT2D eigenvalue weighted by atomic mass is 79.9. The summed E-state index contributed by atoms with van der Waals surface area (Å²) in [5.41, 5.74) is 3.33. The van der Waals surface area contributed by atoms with Crippen molar-refractivity contribution in [3.8, 4) is 11.3 Å². The first-order valence-electron chi connectivity index (χ1n) is 5.16. The molecule has 0 fully saturated rings. The lowest BCUT2D eigenvalue weighted by molar-refractivity contribution is 0.321. The number of rotatable bonds is 2. The second-order valence-electron chi connectivity index (χ2n) is 3.86. The number of oxime groups is 1. The third kappa shape index (κ3) is 2.42. The largest absolute Gasteiger partial charge is 0.455 e. The first kappa shape index (κ1) is 11.9. The van der Waals surface area contributed by atoms with Gasteiger partial charge < -0.3 is 9.62 Å². The number of hydrogen-bond donors (Lipinski definition) is 1. The van der Waals surface area contributed by atoms with Crippen molar-refractivity contribution in [1.29, 1.82) is 0 Å². The molecule has 0 aliphatic rings. The Balaban J connectivity index is 2.48. The van der Waals surface area contributed by atoms with Gasteiger partial charge in [0.15, 0.2) is 0 Å². The minimum Gasteiger partial charge on any atom is -0.455 e. The fraction of sp³-hybridized carbons (Fsp3) is 0.154. The van der Waals surface area contributed by atoms with Crippen molar-refractivity contribution in [3.63, 3.8) is 0 Å². The van der Waals surface area contributed by atoms with E-state index in [9.17, 15) is 0 Å². The second kappa shape index (κ2) is 4.75. The predicted octanol–water partition coefficient (Wildman–Crippen LogP) is 4.13. The number of benzene rings is 1. The summed E-state index contributed by atoms with van der Waals surface area (Å²) in [6.07, 6.45) is 1.27. The molecule has 0 bridgehead atoms. The van der Waals surface area contributed by atoms with Crippen molar-refractivity contribution in [3.05, 3.63) is 45.6 Å². The van der Waals surface area contributed by atoms with E-state index >= 15 is 0 Å². The molecule has 3 nitrogen and oxygen atoms in total. The number of furan rings is 1. The molecular formula is C13H12BrNO2. The summed E-state index contributed by atoms with van der Waals surface area (Å²) in [4.78, 5) is 0. The van der Waals surface area contributed by atoms with Gasteiger partial charge in [-0.1, -0.05) is 21.1 Å². The van der Waals surface area contributed by atoms with E-state index in [4.69, 9.17) is 9.62 Å². The zero-order valence-corrected chi connectivity index (χ0v) is 11.2. The molecule has 0 amide bonds. The van der Waals surface area contributed by atoms with Gasteiger partial charge in [0.05, 0.1) is 0 Å². The van der Waals surface area contributed by atoms with Gasteiger partial charge in [-0.25, -0.2) is 0 Å². The van der Waals surface area contributed by atoms with Crippen LogP contribution in [0.1, 0.15) is 16.9 Å². The lowest BCUT2D eigenvalue weighted by Crippen LogP contribution is -1.85. The van der Waals surface area contributed by atoms with Gasteiger partial charge in [0.1, 0.15) is 17.7 Å². The smallest absolute Gasteiger partial charge is 0.149 e. The van der Waals surface area contributed by atoms with Gasteiger partial charge in [-0.2, -0.15) is 0 Å². The van der Waals surface area contributed by atoms with E-state index in [2.05, 4.69) is 33.2 Å². The maximum absolute atomic E-state index is 8.44. The number of hydrogen-bond acceptors (Lipinski definition) is 3. The molecule has 88 valence electrons. The van der Waals surface area contributed by atoms with E-state index in [1.165, 1.54) is 6.21 Å². The summed E-state index contributed by atoms with van der Waals surface area (Å²) < 4.78 is 6.65. The zero-order valence-electron chi connectivity index (χ0n) is 9.57. The molecule has 0 radical (unpaired) electrons. The Morgan fingerprint density at radius 1 is 1.24 bits per heavy atom. The average molecular weight is 294 g/mol. The van der Waals surface area contributed by atoms with Crippen molar-refractivity contribution in [1.82, 2.24) is 0 Å². The second-order valence-corrected chi connectivity index (χ2v) is 4.72. The number of aryl methyl sites for hydroxylation is 2. The van der Waals surface area contributed by atoms with Crippen LogP contribution in [0.3, 0.4) is 0 Å². The van der Waals surface area contributed by atoms with Gasteiger partial charge in [0.2, 0.25) is 0 Å². The highest BCUT2D eigenvalue weighted by molar-refractivity contribution is 9.10. The van der Waals surface area contributed by atoms with E-state index in [0.29, 0.717) is 5.76 Å². The zero-order chi connectivity index (χ0) is 12.4. The third-order valence-electron chi connectivity index (χ3n) is 2.58. The normalized spacial score (nSPS) is 11.2. The molecule has 4 heteroatoms. The van der Waals surface area contributed by atoms with Crippen molar-refractivity contribution < 1.29 is 9.62 Å². The topological polar surface area (TPSA) is 45.7 Å². The molecule has 0 aliphatic heterocycles. The summed E-state index contributed by atoms with van der Waals surface area (Å²) >= 11 is 3.50.